The van der Waals surface area contributed by atoms with Gasteiger partial charge in [-0.2, -0.15) is 10.1 Å². The zero-order valence-electron chi connectivity index (χ0n) is 16.0. The summed E-state index contributed by atoms with van der Waals surface area (Å²) in [4.78, 5) is 25.0. The summed E-state index contributed by atoms with van der Waals surface area (Å²) in [7, 11) is 3.24. The highest BCUT2D eigenvalue weighted by molar-refractivity contribution is 5.66. The molecule has 3 heterocycles. The number of aryl methyl sites for hydroxylation is 2. The van der Waals surface area contributed by atoms with Crippen molar-refractivity contribution in [2.75, 3.05) is 13.7 Å². The van der Waals surface area contributed by atoms with E-state index in [1.165, 1.54) is 10.7 Å². The molecule has 3 aromatic heterocycles. The molecular weight excluding hydrogens is 358 g/mol. The second-order valence-electron chi connectivity index (χ2n) is 6.88. The van der Waals surface area contributed by atoms with Crippen LogP contribution in [0.5, 0.6) is 11.6 Å². The van der Waals surface area contributed by atoms with Crippen LogP contribution < -0.4 is 15.0 Å². The molecule has 0 amide bonds. The van der Waals surface area contributed by atoms with Crippen LogP contribution in [-0.4, -0.2) is 38.4 Å². The highest BCUT2D eigenvalue weighted by Crippen LogP contribution is 2.47. The molecule has 3 aromatic rings. The number of aromatic nitrogens is 5. The van der Waals surface area contributed by atoms with Crippen molar-refractivity contribution in [3.05, 3.63) is 58.7 Å². The minimum absolute atomic E-state index is 0.197. The van der Waals surface area contributed by atoms with Crippen molar-refractivity contribution in [2.45, 2.75) is 19.3 Å². The van der Waals surface area contributed by atoms with Crippen LogP contribution in [0.1, 0.15) is 23.9 Å². The van der Waals surface area contributed by atoms with Gasteiger partial charge in [-0.15, -0.1) is 0 Å². The molecular formula is C20H21N5O3. The van der Waals surface area contributed by atoms with E-state index in [1.54, 1.807) is 39.7 Å². The van der Waals surface area contributed by atoms with E-state index in [9.17, 15) is 4.79 Å². The summed E-state index contributed by atoms with van der Waals surface area (Å²) in [6.45, 7) is 2.33. The largest absolute Gasteiger partial charge is 0.495 e. The molecule has 8 nitrogen and oxygen atoms in total. The van der Waals surface area contributed by atoms with Crippen molar-refractivity contribution < 1.29 is 9.47 Å². The molecule has 0 spiro atoms. The van der Waals surface area contributed by atoms with Gasteiger partial charge in [0.05, 0.1) is 31.7 Å². The van der Waals surface area contributed by atoms with E-state index < -0.39 is 0 Å². The lowest BCUT2D eigenvalue weighted by Gasteiger charge is -2.11. The zero-order valence-corrected chi connectivity index (χ0v) is 16.0. The maximum absolute atomic E-state index is 11.9. The average molecular weight is 379 g/mol. The van der Waals surface area contributed by atoms with Gasteiger partial charge in [-0.3, -0.25) is 9.78 Å². The standard InChI is InChI=1S/C20H21N5O3/c1-12-21-10-17(13-7-19(26)25(2)23-8-13)20(24-12)28-11-14-6-16(14)18-5-4-15(27-3)9-22-18/h4-5,7-10,14,16H,6,11H2,1-3H3/t14-,16+/m1/s1. The monoisotopic (exact) mass is 379 g/mol. The van der Waals surface area contributed by atoms with Crippen molar-refractivity contribution in [3.8, 4) is 22.8 Å². The van der Waals surface area contributed by atoms with E-state index in [2.05, 4.69) is 20.1 Å². The van der Waals surface area contributed by atoms with Crippen LogP contribution in [0.3, 0.4) is 0 Å². The predicted molar refractivity (Wildman–Crippen MR) is 102 cm³/mol. The maximum Gasteiger partial charge on any atom is 0.267 e. The van der Waals surface area contributed by atoms with Gasteiger partial charge in [-0.25, -0.2) is 9.67 Å². The predicted octanol–water partition coefficient (Wildman–Crippen LogP) is 2.13. The first-order valence-corrected chi connectivity index (χ1v) is 9.05. The molecule has 1 fully saturated rings. The molecule has 0 aliphatic heterocycles. The van der Waals surface area contributed by atoms with Crippen LogP contribution in [0, 0.1) is 12.8 Å². The van der Waals surface area contributed by atoms with Gasteiger partial charge in [0.1, 0.15) is 11.6 Å². The summed E-state index contributed by atoms with van der Waals surface area (Å²) in [6.07, 6.45) is 6.04. The minimum Gasteiger partial charge on any atom is -0.495 e. The van der Waals surface area contributed by atoms with Crippen LogP contribution in [0.15, 0.2) is 41.6 Å². The van der Waals surface area contributed by atoms with Gasteiger partial charge in [-0.05, 0) is 25.5 Å². The fourth-order valence-corrected chi connectivity index (χ4v) is 3.09. The maximum atomic E-state index is 11.9. The first-order chi connectivity index (χ1) is 13.5. The molecule has 0 saturated heterocycles. The lowest BCUT2D eigenvalue weighted by atomic mass is 10.1. The zero-order chi connectivity index (χ0) is 19.7. The van der Waals surface area contributed by atoms with Crippen LogP contribution in [-0.2, 0) is 7.05 Å². The normalized spacial score (nSPS) is 18.0. The van der Waals surface area contributed by atoms with Crippen molar-refractivity contribution in [1.82, 2.24) is 24.7 Å². The average Bonchev–Trinajstić information content (AvgIpc) is 3.48. The summed E-state index contributed by atoms with van der Waals surface area (Å²) in [5, 5.41) is 4.07. The highest BCUT2D eigenvalue weighted by Gasteiger charge is 2.40. The molecule has 0 N–H and O–H groups in total. The second kappa shape index (κ2) is 7.38. The third-order valence-electron chi connectivity index (χ3n) is 4.88. The van der Waals surface area contributed by atoms with Gasteiger partial charge in [-0.1, -0.05) is 0 Å². The molecule has 144 valence electrons. The van der Waals surface area contributed by atoms with Crippen LogP contribution in [0.2, 0.25) is 0 Å². The SMILES string of the molecule is COc1ccc([C@H]2C[C@@H]2COc2nc(C)ncc2-c2cnn(C)c(=O)c2)nc1. The van der Waals surface area contributed by atoms with Crippen molar-refractivity contribution >= 4 is 0 Å². The molecule has 0 aromatic carbocycles. The van der Waals surface area contributed by atoms with Crippen LogP contribution >= 0.6 is 0 Å². The lowest BCUT2D eigenvalue weighted by Crippen LogP contribution is -2.18. The van der Waals surface area contributed by atoms with Gasteiger partial charge in [0.2, 0.25) is 5.88 Å². The summed E-state index contributed by atoms with van der Waals surface area (Å²) >= 11 is 0. The Morgan fingerprint density at radius 1 is 1.21 bits per heavy atom. The molecule has 1 saturated carbocycles. The van der Waals surface area contributed by atoms with Crippen LogP contribution in [0.25, 0.3) is 11.1 Å². The van der Waals surface area contributed by atoms with E-state index in [0.717, 1.165) is 17.9 Å². The van der Waals surface area contributed by atoms with Gasteiger partial charge < -0.3 is 9.47 Å². The van der Waals surface area contributed by atoms with Crippen molar-refractivity contribution in [3.63, 3.8) is 0 Å². The number of hydrogen-bond donors (Lipinski definition) is 0. The van der Waals surface area contributed by atoms with Crippen molar-refractivity contribution in [1.29, 1.82) is 0 Å². The lowest BCUT2D eigenvalue weighted by molar-refractivity contribution is 0.285. The van der Waals surface area contributed by atoms with Crippen LogP contribution in [0.4, 0.5) is 0 Å². The molecule has 0 radical (unpaired) electrons. The van der Waals surface area contributed by atoms with E-state index >= 15 is 0 Å². The summed E-state index contributed by atoms with van der Waals surface area (Å²) < 4.78 is 12.4. The summed E-state index contributed by atoms with van der Waals surface area (Å²) in [5.74, 6) is 2.59. The number of pyridine rings is 1. The number of nitrogens with zero attached hydrogens (tertiary/aromatic N) is 5. The third-order valence-corrected chi connectivity index (χ3v) is 4.88. The van der Waals surface area contributed by atoms with Gasteiger partial charge >= 0.3 is 0 Å². The molecule has 2 atom stereocenters. The number of ether oxygens (including phenoxy) is 2. The third kappa shape index (κ3) is 3.71. The highest BCUT2D eigenvalue weighted by atomic mass is 16.5. The summed E-state index contributed by atoms with van der Waals surface area (Å²) in [5.41, 5.74) is 2.15. The first kappa shape index (κ1) is 18.1. The smallest absolute Gasteiger partial charge is 0.267 e. The molecule has 1 aliphatic rings. The quantitative estimate of drug-likeness (QED) is 0.648. The van der Waals surface area contributed by atoms with Gasteiger partial charge in [0.15, 0.2) is 0 Å². The Hall–Kier alpha value is -3.29. The summed E-state index contributed by atoms with van der Waals surface area (Å²) in [6, 6.07) is 5.43. The molecule has 0 unspecified atom stereocenters. The Labute approximate surface area is 162 Å². The fourth-order valence-electron chi connectivity index (χ4n) is 3.09. The molecule has 1 aliphatic carbocycles. The Balaban J connectivity index is 1.48. The van der Waals surface area contributed by atoms with Gasteiger partial charge in [0, 0.05) is 42.4 Å². The Morgan fingerprint density at radius 2 is 2.07 bits per heavy atom. The fraction of sp³-hybridized carbons (Fsp3) is 0.350. The molecule has 28 heavy (non-hydrogen) atoms. The van der Waals surface area contributed by atoms with Gasteiger partial charge in [0.25, 0.3) is 5.56 Å². The van der Waals surface area contributed by atoms with E-state index in [-0.39, 0.29) is 5.56 Å². The van der Waals surface area contributed by atoms with E-state index in [0.29, 0.717) is 41.3 Å². The molecule has 4 rings (SSSR count). The second-order valence-corrected chi connectivity index (χ2v) is 6.88. The number of hydrogen-bond acceptors (Lipinski definition) is 7. The Kier molecular flexibility index (Phi) is 4.77. The molecule has 8 heteroatoms. The molecule has 0 bridgehead atoms. The minimum atomic E-state index is -0.197. The van der Waals surface area contributed by atoms with E-state index in [4.69, 9.17) is 9.47 Å². The van der Waals surface area contributed by atoms with E-state index in [1.807, 2.05) is 12.1 Å². The number of rotatable bonds is 6. The number of methoxy groups -OCH3 is 1. The Bertz CT molecular complexity index is 1050. The first-order valence-electron chi connectivity index (χ1n) is 9.05. The topological polar surface area (TPSA) is 92.0 Å². The Morgan fingerprint density at radius 3 is 2.79 bits per heavy atom. The van der Waals surface area contributed by atoms with Crippen molar-refractivity contribution in [2.24, 2.45) is 13.0 Å².